The fourth-order valence-corrected chi connectivity index (χ4v) is 3.14. The van der Waals surface area contributed by atoms with Crippen molar-refractivity contribution in [2.24, 2.45) is 0 Å². The number of aryl methyl sites for hydroxylation is 1. The summed E-state index contributed by atoms with van der Waals surface area (Å²) in [7, 11) is 0. The average Bonchev–Trinajstić information content (AvgIpc) is 3.16. The van der Waals surface area contributed by atoms with Crippen molar-refractivity contribution in [1.82, 2.24) is 10.6 Å². The van der Waals surface area contributed by atoms with Gasteiger partial charge < -0.3 is 19.8 Å². The van der Waals surface area contributed by atoms with Crippen LogP contribution in [0, 0.1) is 12.7 Å². The van der Waals surface area contributed by atoms with E-state index in [9.17, 15) is 9.18 Å². The van der Waals surface area contributed by atoms with Gasteiger partial charge in [-0.1, -0.05) is 0 Å². The number of carbonyl (C=O) groups is 1. The Hall–Kier alpha value is -1.63. The number of halogens is 2. The molecule has 2 aromatic rings. The molecule has 25 heavy (non-hydrogen) atoms. The van der Waals surface area contributed by atoms with Crippen molar-refractivity contribution in [2.45, 2.75) is 38.8 Å². The molecule has 2 heterocycles. The maximum absolute atomic E-state index is 13.4. The summed E-state index contributed by atoms with van der Waals surface area (Å²) in [6, 6.07) is 4.15. The molecule has 2 N–H and O–H groups in total. The summed E-state index contributed by atoms with van der Waals surface area (Å²) in [5.74, 6) is 0.252. The molecule has 0 saturated carbocycles. The Kier molecular flexibility index (Phi) is 6.81. The zero-order valence-corrected chi connectivity index (χ0v) is 15.2. The SMILES string of the molecule is Cc1c(C(C)NC(=O)CNCC2CCCO2)oc2ccc(F)cc12.Cl. The van der Waals surface area contributed by atoms with Crippen LogP contribution in [0.15, 0.2) is 22.6 Å². The smallest absolute Gasteiger partial charge is 0.234 e. The van der Waals surface area contributed by atoms with E-state index in [1.165, 1.54) is 12.1 Å². The van der Waals surface area contributed by atoms with E-state index in [2.05, 4.69) is 10.6 Å². The van der Waals surface area contributed by atoms with Gasteiger partial charge >= 0.3 is 0 Å². The molecule has 2 atom stereocenters. The first-order chi connectivity index (χ1) is 11.5. The lowest BCUT2D eigenvalue weighted by Gasteiger charge is -2.14. The van der Waals surface area contributed by atoms with E-state index in [1.807, 2.05) is 13.8 Å². The third-order valence-electron chi connectivity index (χ3n) is 4.39. The van der Waals surface area contributed by atoms with Crippen molar-refractivity contribution in [3.05, 3.63) is 35.3 Å². The molecule has 2 unspecified atom stereocenters. The molecule has 138 valence electrons. The summed E-state index contributed by atoms with van der Waals surface area (Å²) in [6.45, 7) is 5.46. The van der Waals surface area contributed by atoms with E-state index >= 15 is 0 Å². The minimum absolute atomic E-state index is 0. The lowest BCUT2D eigenvalue weighted by Crippen LogP contribution is -2.38. The third kappa shape index (κ3) is 4.71. The Balaban J connectivity index is 0.00000225. The molecule has 1 aliphatic heterocycles. The molecule has 1 fully saturated rings. The van der Waals surface area contributed by atoms with Gasteiger partial charge in [0.1, 0.15) is 17.2 Å². The van der Waals surface area contributed by atoms with Gasteiger partial charge in [0.25, 0.3) is 0 Å². The highest BCUT2D eigenvalue weighted by Crippen LogP contribution is 2.29. The maximum atomic E-state index is 13.4. The molecule has 0 radical (unpaired) electrons. The predicted octanol–water partition coefficient (Wildman–Crippen LogP) is 3.25. The van der Waals surface area contributed by atoms with Crippen molar-refractivity contribution < 1.29 is 18.3 Å². The van der Waals surface area contributed by atoms with E-state index in [4.69, 9.17) is 9.15 Å². The van der Waals surface area contributed by atoms with Crippen LogP contribution in [-0.2, 0) is 9.53 Å². The Bertz CT molecular complexity index is 728. The summed E-state index contributed by atoms with van der Waals surface area (Å²) in [5, 5.41) is 6.76. The first-order valence-corrected chi connectivity index (χ1v) is 8.35. The molecule has 0 bridgehead atoms. The second-order valence-corrected chi connectivity index (χ2v) is 6.29. The molecule has 0 aliphatic carbocycles. The zero-order chi connectivity index (χ0) is 17.1. The van der Waals surface area contributed by atoms with E-state index < -0.39 is 0 Å². The van der Waals surface area contributed by atoms with Crippen LogP contribution in [0.5, 0.6) is 0 Å². The Morgan fingerprint density at radius 3 is 2.96 bits per heavy atom. The highest BCUT2D eigenvalue weighted by atomic mass is 35.5. The molecule has 5 nitrogen and oxygen atoms in total. The number of benzene rings is 1. The summed E-state index contributed by atoms with van der Waals surface area (Å²) in [4.78, 5) is 12.1. The molecule has 1 aromatic heterocycles. The number of rotatable bonds is 6. The maximum Gasteiger partial charge on any atom is 0.234 e. The summed E-state index contributed by atoms with van der Waals surface area (Å²) < 4.78 is 24.7. The Labute approximate surface area is 152 Å². The van der Waals surface area contributed by atoms with Crippen LogP contribution in [0.25, 0.3) is 11.0 Å². The van der Waals surface area contributed by atoms with E-state index in [0.717, 1.165) is 30.4 Å². The number of amides is 1. The van der Waals surface area contributed by atoms with E-state index in [-0.39, 0.29) is 42.8 Å². The van der Waals surface area contributed by atoms with Crippen molar-refractivity contribution >= 4 is 29.3 Å². The van der Waals surface area contributed by atoms with Crippen molar-refractivity contribution in [1.29, 1.82) is 0 Å². The number of carbonyl (C=O) groups excluding carboxylic acids is 1. The minimum atomic E-state index is -0.298. The van der Waals surface area contributed by atoms with Crippen LogP contribution in [-0.4, -0.2) is 31.7 Å². The fourth-order valence-electron chi connectivity index (χ4n) is 3.14. The number of hydrogen-bond donors (Lipinski definition) is 2. The summed E-state index contributed by atoms with van der Waals surface area (Å²) in [6.07, 6.45) is 2.34. The molecule has 7 heteroatoms. The first kappa shape index (κ1) is 19.7. The quantitative estimate of drug-likeness (QED) is 0.819. The summed E-state index contributed by atoms with van der Waals surface area (Å²) in [5.41, 5.74) is 1.48. The monoisotopic (exact) mass is 370 g/mol. The second kappa shape index (κ2) is 8.65. The average molecular weight is 371 g/mol. The van der Waals surface area contributed by atoms with Crippen LogP contribution in [0.2, 0.25) is 0 Å². The van der Waals surface area contributed by atoms with Crippen LogP contribution in [0.3, 0.4) is 0 Å². The predicted molar refractivity (Wildman–Crippen MR) is 96.6 cm³/mol. The lowest BCUT2D eigenvalue weighted by atomic mass is 10.1. The van der Waals surface area contributed by atoms with Gasteiger partial charge in [-0.05, 0) is 44.9 Å². The largest absolute Gasteiger partial charge is 0.459 e. The van der Waals surface area contributed by atoms with E-state index in [1.54, 1.807) is 6.07 Å². The molecule has 1 amide bonds. The van der Waals surface area contributed by atoms with Crippen LogP contribution >= 0.6 is 12.4 Å². The molecule has 0 spiro atoms. The number of ether oxygens (including phenoxy) is 1. The Morgan fingerprint density at radius 1 is 1.44 bits per heavy atom. The van der Waals surface area contributed by atoms with Gasteiger partial charge in [0.2, 0.25) is 5.91 Å². The zero-order valence-electron chi connectivity index (χ0n) is 14.4. The second-order valence-electron chi connectivity index (χ2n) is 6.29. The first-order valence-electron chi connectivity index (χ1n) is 8.35. The van der Waals surface area contributed by atoms with Gasteiger partial charge in [-0.25, -0.2) is 4.39 Å². The van der Waals surface area contributed by atoms with Gasteiger partial charge in [0, 0.05) is 24.1 Å². The number of furan rings is 1. The van der Waals surface area contributed by atoms with Crippen LogP contribution in [0.1, 0.15) is 37.1 Å². The molecular formula is C18H24ClFN2O3. The van der Waals surface area contributed by atoms with Gasteiger partial charge in [-0.15, -0.1) is 12.4 Å². The minimum Gasteiger partial charge on any atom is -0.459 e. The summed E-state index contributed by atoms with van der Waals surface area (Å²) >= 11 is 0. The fraction of sp³-hybridized carbons (Fsp3) is 0.500. The van der Waals surface area contributed by atoms with E-state index in [0.29, 0.717) is 17.9 Å². The van der Waals surface area contributed by atoms with Gasteiger partial charge in [-0.2, -0.15) is 0 Å². The molecule has 1 saturated heterocycles. The molecule has 1 aromatic carbocycles. The lowest BCUT2D eigenvalue weighted by molar-refractivity contribution is -0.121. The number of nitrogens with one attached hydrogen (secondary N) is 2. The standard InChI is InChI=1S/C18H23FN2O3.ClH/c1-11-15-8-13(19)5-6-16(15)24-18(11)12(2)21-17(22)10-20-9-14-4-3-7-23-14;/h5-6,8,12,14,20H,3-4,7,9-10H2,1-2H3,(H,21,22);1H. The highest BCUT2D eigenvalue weighted by molar-refractivity contribution is 5.85. The topological polar surface area (TPSA) is 63.5 Å². The number of hydrogen-bond acceptors (Lipinski definition) is 4. The van der Waals surface area contributed by atoms with Crippen LogP contribution in [0.4, 0.5) is 4.39 Å². The van der Waals surface area contributed by atoms with Gasteiger partial charge in [0.15, 0.2) is 0 Å². The van der Waals surface area contributed by atoms with Crippen molar-refractivity contribution in [3.63, 3.8) is 0 Å². The Morgan fingerprint density at radius 2 is 2.24 bits per heavy atom. The highest BCUT2D eigenvalue weighted by Gasteiger charge is 2.19. The molecule has 1 aliphatic rings. The third-order valence-corrected chi connectivity index (χ3v) is 4.39. The van der Waals surface area contributed by atoms with Gasteiger partial charge in [-0.3, -0.25) is 4.79 Å². The molecular weight excluding hydrogens is 347 g/mol. The van der Waals surface area contributed by atoms with Crippen molar-refractivity contribution in [2.75, 3.05) is 19.7 Å². The van der Waals surface area contributed by atoms with Gasteiger partial charge in [0.05, 0.1) is 18.7 Å². The molecule has 3 rings (SSSR count). The normalized spacial score (nSPS) is 18.1. The van der Waals surface area contributed by atoms with Crippen LogP contribution < -0.4 is 10.6 Å². The van der Waals surface area contributed by atoms with Crippen molar-refractivity contribution in [3.8, 4) is 0 Å². The number of fused-ring (bicyclic) bond motifs is 1.